The topological polar surface area (TPSA) is 62.6 Å². The highest BCUT2D eigenvalue weighted by molar-refractivity contribution is 7.92. The van der Waals surface area contributed by atoms with Crippen molar-refractivity contribution in [2.24, 2.45) is 4.99 Å². The van der Waals surface area contributed by atoms with Crippen LogP contribution in [0.5, 0.6) is 0 Å². The highest BCUT2D eigenvalue weighted by Gasteiger charge is 2.46. The Balaban J connectivity index is 1.71. The summed E-state index contributed by atoms with van der Waals surface area (Å²) in [6, 6.07) is 25.1. The van der Waals surface area contributed by atoms with Crippen LogP contribution >= 0.6 is 11.6 Å². The van der Waals surface area contributed by atoms with E-state index < -0.39 is 22.1 Å². The van der Waals surface area contributed by atoms with Gasteiger partial charge in [-0.25, -0.2) is 13.4 Å². The third-order valence-corrected chi connectivity index (χ3v) is 8.52. The summed E-state index contributed by atoms with van der Waals surface area (Å²) in [5.41, 5.74) is 5.47. The first-order chi connectivity index (χ1) is 16.5. The monoisotopic (exact) mass is 485 g/mol. The van der Waals surface area contributed by atoms with Crippen LogP contribution < -0.4 is 4.31 Å². The van der Waals surface area contributed by atoms with Crippen molar-refractivity contribution in [1.82, 2.24) is 4.98 Å². The maximum atomic E-state index is 14.3. The van der Waals surface area contributed by atoms with Crippen molar-refractivity contribution in [3.63, 3.8) is 0 Å². The average Bonchev–Trinajstić information content (AvgIpc) is 3.09. The van der Waals surface area contributed by atoms with Crippen LogP contribution in [0.15, 0.2) is 101 Å². The van der Waals surface area contributed by atoms with Crippen LogP contribution in [0.1, 0.15) is 39.9 Å². The minimum absolute atomic E-state index is 0.215. The number of anilines is 1. The molecular formula is C27H20ClN3O2S. The van der Waals surface area contributed by atoms with E-state index in [1.807, 2.05) is 73.7 Å². The van der Waals surface area contributed by atoms with E-state index in [9.17, 15) is 8.42 Å². The van der Waals surface area contributed by atoms with E-state index in [1.54, 1.807) is 24.4 Å². The third kappa shape index (κ3) is 3.10. The molecule has 5 nitrogen and oxygen atoms in total. The molecule has 3 heterocycles. The van der Waals surface area contributed by atoms with Crippen molar-refractivity contribution in [1.29, 1.82) is 0 Å². The second-order valence-electron chi connectivity index (χ2n) is 8.46. The summed E-state index contributed by atoms with van der Waals surface area (Å²) >= 11 is 6.65. The molecule has 0 N–H and O–H groups in total. The Hall–Kier alpha value is -3.48. The minimum atomic E-state index is -3.98. The Morgan fingerprint density at radius 2 is 1.53 bits per heavy atom. The molecule has 2 aliphatic heterocycles. The van der Waals surface area contributed by atoms with E-state index in [2.05, 4.69) is 4.98 Å². The van der Waals surface area contributed by atoms with E-state index in [0.717, 1.165) is 22.3 Å². The van der Waals surface area contributed by atoms with Crippen LogP contribution in [0.25, 0.3) is 0 Å². The first-order valence-corrected chi connectivity index (χ1v) is 12.8. The summed E-state index contributed by atoms with van der Waals surface area (Å²) in [4.78, 5) is 9.63. The zero-order chi connectivity index (χ0) is 23.4. The molecule has 2 bridgehead atoms. The predicted octanol–water partition coefficient (Wildman–Crippen LogP) is 5.89. The van der Waals surface area contributed by atoms with Gasteiger partial charge in [-0.2, -0.15) is 0 Å². The van der Waals surface area contributed by atoms with Crippen molar-refractivity contribution in [2.75, 3.05) is 4.31 Å². The van der Waals surface area contributed by atoms with Gasteiger partial charge in [0, 0.05) is 11.8 Å². The Bertz CT molecular complexity index is 1550. The fraction of sp³-hybridized carbons (Fsp3) is 0.111. The maximum absolute atomic E-state index is 14.3. The molecule has 6 rings (SSSR count). The largest absolute Gasteiger partial charge is 0.273 e. The lowest BCUT2D eigenvalue weighted by Crippen LogP contribution is -2.40. The van der Waals surface area contributed by atoms with Crippen LogP contribution in [0.2, 0.25) is 5.15 Å². The van der Waals surface area contributed by atoms with Gasteiger partial charge in [0.05, 0.1) is 16.3 Å². The van der Waals surface area contributed by atoms with E-state index >= 15 is 0 Å². The Kier molecular flexibility index (Phi) is 4.83. The first-order valence-electron chi connectivity index (χ1n) is 10.9. The number of fused-ring (bicyclic) bond motifs is 2. The first kappa shape index (κ1) is 21.1. The second-order valence-corrected chi connectivity index (χ2v) is 10.6. The molecule has 0 aliphatic carbocycles. The third-order valence-electron chi connectivity index (χ3n) is 6.42. The van der Waals surface area contributed by atoms with Gasteiger partial charge in [-0.05, 0) is 41.8 Å². The Morgan fingerprint density at radius 1 is 0.853 bits per heavy atom. The molecule has 0 spiro atoms. The minimum Gasteiger partial charge on any atom is -0.273 e. The van der Waals surface area contributed by atoms with Crippen molar-refractivity contribution < 1.29 is 8.42 Å². The van der Waals surface area contributed by atoms with Gasteiger partial charge in [0.2, 0.25) is 0 Å². The molecule has 0 fully saturated rings. The zero-order valence-corrected chi connectivity index (χ0v) is 19.8. The van der Waals surface area contributed by atoms with Gasteiger partial charge >= 0.3 is 0 Å². The van der Waals surface area contributed by atoms with E-state index in [4.69, 9.17) is 16.6 Å². The number of rotatable bonds is 3. The lowest BCUT2D eigenvalue weighted by molar-refractivity contribution is 0.588. The molecule has 34 heavy (non-hydrogen) atoms. The number of sulfonamides is 1. The molecule has 0 saturated carbocycles. The van der Waals surface area contributed by atoms with Crippen molar-refractivity contribution in [3.8, 4) is 0 Å². The van der Waals surface area contributed by atoms with Crippen molar-refractivity contribution >= 4 is 33.0 Å². The number of aliphatic imine (C=N–C) groups is 1. The van der Waals surface area contributed by atoms with E-state index in [1.165, 1.54) is 4.31 Å². The average molecular weight is 486 g/mol. The number of halogens is 1. The molecule has 0 radical (unpaired) electrons. The van der Waals surface area contributed by atoms with Gasteiger partial charge < -0.3 is 0 Å². The van der Waals surface area contributed by atoms with Crippen LogP contribution in [0, 0.1) is 6.92 Å². The number of hydrogen-bond donors (Lipinski definition) is 0. The zero-order valence-electron chi connectivity index (χ0n) is 18.3. The summed E-state index contributed by atoms with van der Waals surface area (Å²) in [6.45, 7) is 1.93. The summed E-state index contributed by atoms with van der Waals surface area (Å²) in [6.07, 6.45) is 1.55. The van der Waals surface area contributed by atoms with Gasteiger partial charge in [-0.3, -0.25) is 9.30 Å². The number of hydrogen-bond acceptors (Lipinski definition) is 4. The van der Waals surface area contributed by atoms with Crippen LogP contribution in [-0.2, 0) is 10.0 Å². The molecule has 1 aromatic heterocycles. The summed E-state index contributed by atoms with van der Waals surface area (Å²) in [5, 5.41) is 0.250. The molecule has 2 atom stereocenters. The number of nitrogens with zero attached hydrogens (tertiary/aromatic N) is 3. The molecule has 0 amide bonds. The molecule has 7 heteroatoms. The van der Waals surface area contributed by atoms with Crippen LogP contribution in [-0.4, -0.2) is 19.1 Å². The molecule has 4 aromatic rings. The van der Waals surface area contributed by atoms with Crippen molar-refractivity contribution in [2.45, 2.75) is 23.9 Å². The summed E-state index contributed by atoms with van der Waals surface area (Å²) in [7, 11) is -3.98. The van der Waals surface area contributed by atoms with E-state index in [0.29, 0.717) is 17.0 Å². The Morgan fingerprint density at radius 3 is 2.26 bits per heavy atom. The second kappa shape index (κ2) is 7.79. The van der Waals surface area contributed by atoms with Gasteiger partial charge in [0.1, 0.15) is 17.2 Å². The maximum Gasteiger partial charge on any atom is 0.265 e. The molecule has 2 aliphatic rings. The fourth-order valence-electron chi connectivity index (χ4n) is 4.85. The smallest absolute Gasteiger partial charge is 0.265 e. The SMILES string of the molecule is Cc1ccc(S(=O)(=O)N2c3ccnc(Cl)c3[C@H]3N=C(c4ccccc4)[C@@H]2c2ccccc23)cc1. The molecular weight excluding hydrogens is 466 g/mol. The molecule has 168 valence electrons. The summed E-state index contributed by atoms with van der Waals surface area (Å²) < 4.78 is 30.1. The number of benzene rings is 3. The van der Waals surface area contributed by atoms with Crippen LogP contribution in [0.4, 0.5) is 5.69 Å². The van der Waals surface area contributed by atoms with Crippen LogP contribution in [0.3, 0.4) is 0 Å². The fourth-order valence-corrected chi connectivity index (χ4v) is 6.72. The molecule has 0 unspecified atom stereocenters. The Labute approximate surface area is 203 Å². The number of pyridine rings is 1. The highest BCUT2D eigenvalue weighted by atomic mass is 35.5. The van der Waals surface area contributed by atoms with Gasteiger partial charge in [0.15, 0.2) is 0 Å². The predicted molar refractivity (Wildman–Crippen MR) is 134 cm³/mol. The van der Waals surface area contributed by atoms with Gasteiger partial charge in [-0.1, -0.05) is 83.9 Å². The van der Waals surface area contributed by atoms with Gasteiger partial charge in [-0.15, -0.1) is 0 Å². The standard InChI is InChI=1S/C27H20ClN3O2S/c1-17-11-13-19(14-12-17)34(32,33)31-22-15-16-29-27(28)23(22)25-20-9-5-6-10-21(20)26(31)24(30-25)18-7-3-2-4-8-18/h2-16,25-26H,1H3/t25-,26-/m0/s1. The lowest BCUT2D eigenvalue weighted by atomic mass is 9.86. The quantitative estimate of drug-likeness (QED) is 0.340. The molecule has 0 saturated heterocycles. The lowest BCUT2D eigenvalue weighted by Gasteiger charge is -2.34. The van der Waals surface area contributed by atoms with Gasteiger partial charge in [0.25, 0.3) is 10.0 Å². The summed E-state index contributed by atoms with van der Waals surface area (Å²) in [5.74, 6) is 0. The number of aromatic nitrogens is 1. The highest BCUT2D eigenvalue weighted by Crippen LogP contribution is 2.52. The molecule has 3 aromatic carbocycles. The van der Waals surface area contributed by atoms with Crippen molar-refractivity contribution in [3.05, 3.63) is 124 Å². The van der Waals surface area contributed by atoms with E-state index in [-0.39, 0.29) is 10.0 Å². The normalized spacial score (nSPS) is 18.6. The number of aryl methyl sites for hydroxylation is 1.